The summed E-state index contributed by atoms with van der Waals surface area (Å²) in [5.41, 5.74) is 5.03. The zero-order valence-corrected chi connectivity index (χ0v) is 28.4. The minimum Gasteiger partial charge on any atom is -0.462 e. The topological polar surface area (TPSA) is 78.6 Å². The predicted octanol–water partition coefficient (Wildman–Crippen LogP) is 5.97. The molecule has 50 heavy (non-hydrogen) atoms. The second-order valence-corrected chi connectivity index (χ2v) is 13.5. The zero-order chi connectivity index (χ0) is 34.8. The molecule has 3 aliphatic heterocycles. The van der Waals surface area contributed by atoms with Gasteiger partial charge < -0.3 is 24.1 Å². The predicted molar refractivity (Wildman–Crippen MR) is 188 cm³/mol. The normalized spacial score (nSPS) is 20.4. The van der Waals surface area contributed by atoms with Crippen LogP contribution in [0.4, 0.5) is 25.1 Å². The number of hydrogen-bond donors (Lipinski definition) is 0. The lowest BCUT2D eigenvalue weighted by atomic mass is 9.99. The standard InChI is InChI=1S/C38H41F2N7O3/c1-26-9-7-12-28-13-8-14-33(34(26)28)45-16-15-31-32(22-45)42-36(49-24-29-19-38(39,40)25-44(29)3)43-35(31)46-17-18-47(30(21-46)20-41-2)37(48)50-23-27-10-5-4-6-11-27/h4-14,29-30H,15-25H2,1,3H3/t29-,30-/m0/s1. The SMILES string of the molecule is [C-]#[N+]C[C@H]1CN(c2nc(OC[C@@H]3CC(F)(F)CN3C)nc3c2CCN(c2cccc4cccc(C)c24)C3)CCN1C(=O)OCc1ccccc1. The van der Waals surface area contributed by atoms with E-state index < -0.39 is 24.1 Å². The van der Waals surface area contributed by atoms with Gasteiger partial charge in [-0.3, -0.25) is 9.80 Å². The first-order valence-electron chi connectivity index (χ1n) is 17.1. The van der Waals surface area contributed by atoms with Crippen LogP contribution in [-0.4, -0.2) is 96.8 Å². The fourth-order valence-corrected chi connectivity index (χ4v) is 7.46. The van der Waals surface area contributed by atoms with Crippen LogP contribution in [0.2, 0.25) is 0 Å². The molecule has 4 aromatic rings. The molecule has 0 aliphatic carbocycles. The van der Waals surface area contributed by atoms with Gasteiger partial charge in [0.1, 0.15) is 25.1 Å². The van der Waals surface area contributed by atoms with Gasteiger partial charge >= 0.3 is 12.1 Å². The van der Waals surface area contributed by atoms with Crippen LogP contribution in [0.3, 0.4) is 0 Å². The molecule has 2 saturated heterocycles. The highest BCUT2D eigenvalue weighted by Gasteiger charge is 2.43. The number of fused-ring (bicyclic) bond motifs is 2. The van der Waals surface area contributed by atoms with Crippen LogP contribution in [0.5, 0.6) is 6.01 Å². The number of aryl methyl sites for hydroxylation is 1. The van der Waals surface area contributed by atoms with Gasteiger partial charge in [0.2, 0.25) is 6.54 Å². The highest BCUT2D eigenvalue weighted by Crippen LogP contribution is 2.36. The number of piperazine rings is 1. The van der Waals surface area contributed by atoms with E-state index in [4.69, 9.17) is 26.0 Å². The minimum atomic E-state index is -2.76. The molecular weight excluding hydrogens is 640 g/mol. The maximum Gasteiger partial charge on any atom is 0.410 e. The van der Waals surface area contributed by atoms with Crippen molar-refractivity contribution in [3.63, 3.8) is 0 Å². The Kier molecular flexibility index (Phi) is 9.42. The fourth-order valence-electron chi connectivity index (χ4n) is 7.46. The number of amides is 1. The van der Waals surface area contributed by atoms with Crippen LogP contribution >= 0.6 is 0 Å². The van der Waals surface area contributed by atoms with E-state index in [1.165, 1.54) is 16.3 Å². The summed E-state index contributed by atoms with van der Waals surface area (Å²) in [6.45, 7) is 12.2. The molecule has 3 aromatic carbocycles. The van der Waals surface area contributed by atoms with E-state index in [0.717, 1.165) is 29.1 Å². The molecule has 3 aliphatic rings. The third-order valence-electron chi connectivity index (χ3n) is 10.0. The van der Waals surface area contributed by atoms with Crippen molar-refractivity contribution in [2.75, 3.05) is 62.7 Å². The molecule has 0 unspecified atom stereocenters. The number of rotatable bonds is 8. The summed E-state index contributed by atoms with van der Waals surface area (Å²) in [6.07, 6.45) is -0.0530. The van der Waals surface area contributed by atoms with Gasteiger partial charge in [-0.2, -0.15) is 9.97 Å². The summed E-state index contributed by atoms with van der Waals surface area (Å²) in [6, 6.07) is 21.4. The second-order valence-electron chi connectivity index (χ2n) is 13.5. The molecule has 0 N–H and O–H groups in total. The number of carbonyl (C=O) groups excluding carboxylic acids is 1. The van der Waals surface area contributed by atoms with Gasteiger partial charge in [0.25, 0.3) is 5.92 Å². The molecule has 260 valence electrons. The van der Waals surface area contributed by atoms with Crippen molar-refractivity contribution >= 4 is 28.4 Å². The molecule has 0 bridgehead atoms. The number of likely N-dealkylation sites (tertiary alicyclic amines) is 1. The smallest absolute Gasteiger partial charge is 0.410 e. The molecule has 0 saturated carbocycles. The van der Waals surface area contributed by atoms with Crippen LogP contribution in [0.25, 0.3) is 15.6 Å². The second kappa shape index (κ2) is 14.1. The number of aromatic nitrogens is 2. The number of nitrogens with zero attached hydrogens (tertiary/aromatic N) is 7. The van der Waals surface area contributed by atoms with E-state index in [-0.39, 0.29) is 38.7 Å². The molecular formula is C38H41F2N7O3. The Bertz CT molecular complexity index is 1900. The Morgan fingerprint density at radius 2 is 1.80 bits per heavy atom. The van der Waals surface area contributed by atoms with E-state index in [1.54, 1.807) is 16.8 Å². The molecule has 4 heterocycles. The number of likely N-dealkylation sites (N-methyl/N-ethyl adjacent to an activating group) is 1. The quantitative estimate of drug-likeness (QED) is 0.211. The van der Waals surface area contributed by atoms with E-state index in [0.29, 0.717) is 38.4 Å². The summed E-state index contributed by atoms with van der Waals surface area (Å²) in [7, 11) is 1.68. The van der Waals surface area contributed by atoms with Gasteiger partial charge in [0, 0.05) is 55.3 Å². The number of halogens is 2. The molecule has 0 spiro atoms. The van der Waals surface area contributed by atoms with Crippen molar-refractivity contribution in [1.82, 2.24) is 19.8 Å². The largest absolute Gasteiger partial charge is 0.462 e. The lowest BCUT2D eigenvalue weighted by Crippen LogP contribution is -2.57. The van der Waals surface area contributed by atoms with Gasteiger partial charge in [-0.25, -0.2) is 20.1 Å². The minimum absolute atomic E-state index is 0.0396. The fraction of sp³-hybridized carbons (Fsp3) is 0.421. The average molecular weight is 682 g/mol. The molecule has 2 atom stereocenters. The number of benzene rings is 3. The summed E-state index contributed by atoms with van der Waals surface area (Å²) in [5, 5.41) is 2.37. The lowest BCUT2D eigenvalue weighted by molar-refractivity contribution is 0.0136. The van der Waals surface area contributed by atoms with Crippen LogP contribution in [-0.2, 0) is 24.3 Å². The number of alkyl halides is 2. The third kappa shape index (κ3) is 7.01. The Labute approximate surface area is 291 Å². The first kappa shape index (κ1) is 33.5. The monoisotopic (exact) mass is 681 g/mol. The molecule has 2 fully saturated rings. The van der Waals surface area contributed by atoms with Crippen molar-refractivity contribution < 1.29 is 23.0 Å². The number of hydrogen-bond acceptors (Lipinski definition) is 8. The van der Waals surface area contributed by atoms with Gasteiger partial charge in [-0.05, 0) is 43.0 Å². The summed E-state index contributed by atoms with van der Waals surface area (Å²) in [5.74, 6) is -2.06. The number of anilines is 2. The van der Waals surface area contributed by atoms with Crippen LogP contribution < -0.4 is 14.5 Å². The molecule has 1 amide bonds. The molecule has 1 aromatic heterocycles. The van der Waals surface area contributed by atoms with E-state index in [9.17, 15) is 13.6 Å². The van der Waals surface area contributed by atoms with Gasteiger partial charge in [-0.1, -0.05) is 60.7 Å². The van der Waals surface area contributed by atoms with Crippen LogP contribution in [0.1, 0.15) is 28.8 Å². The summed E-state index contributed by atoms with van der Waals surface area (Å²) < 4.78 is 40.1. The van der Waals surface area contributed by atoms with E-state index in [2.05, 4.69) is 58.0 Å². The maximum absolute atomic E-state index is 14.2. The van der Waals surface area contributed by atoms with Crippen molar-refractivity contribution in [3.05, 3.63) is 101 Å². The number of ether oxygens (including phenoxy) is 2. The van der Waals surface area contributed by atoms with Crippen LogP contribution in [0.15, 0.2) is 66.7 Å². The Hall–Kier alpha value is -5.02. The van der Waals surface area contributed by atoms with Crippen LogP contribution in [0, 0.1) is 13.5 Å². The number of carbonyl (C=O) groups is 1. The van der Waals surface area contributed by atoms with E-state index in [1.807, 2.05) is 30.3 Å². The Morgan fingerprint density at radius 3 is 2.56 bits per heavy atom. The van der Waals surface area contributed by atoms with Gasteiger partial charge in [-0.15, -0.1) is 0 Å². The maximum atomic E-state index is 14.2. The third-order valence-corrected chi connectivity index (χ3v) is 10.0. The molecule has 7 rings (SSSR count). The average Bonchev–Trinajstić information content (AvgIpc) is 3.39. The lowest BCUT2D eigenvalue weighted by Gasteiger charge is -2.40. The van der Waals surface area contributed by atoms with Gasteiger partial charge in [0.15, 0.2) is 0 Å². The molecule has 12 heteroatoms. The zero-order valence-electron chi connectivity index (χ0n) is 28.4. The molecule has 0 radical (unpaired) electrons. The molecule has 10 nitrogen and oxygen atoms in total. The summed E-state index contributed by atoms with van der Waals surface area (Å²) >= 11 is 0. The summed E-state index contributed by atoms with van der Waals surface area (Å²) in [4.78, 5) is 34.4. The first-order chi connectivity index (χ1) is 24.2. The van der Waals surface area contributed by atoms with Gasteiger partial charge in [0.05, 0.1) is 18.8 Å². The highest BCUT2D eigenvalue weighted by atomic mass is 19.3. The van der Waals surface area contributed by atoms with Crippen molar-refractivity contribution in [3.8, 4) is 6.01 Å². The van der Waals surface area contributed by atoms with E-state index >= 15 is 0 Å². The highest BCUT2D eigenvalue weighted by molar-refractivity contribution is 5.97. The van der Waals surface area contributed by atoms with Crippen molar-refractivity contribution in [1.29, 1.82) is 0 Å². The Morgan fingerprint density at radius 1 is 1.00 bits per heavy atom. The first-order valence-corrected chi connectivity index (χ1v) is 17.1. The van der Waals surface area contributed by atoms with Crippen molar-refractivity contribution in [2.24, 2.45) is 0 Å². The Balaban J connectivity index is 1.16. The van der Waals surface area contributed by atoms with Crippen molar-refractivity contribution in [2.45, 2.75) is 50.9 Å².